The molecule has 2 aromatic rings. The van der Waals surface area contributed by atoms with E-state index in [1.54, 1.807) is 12.4 Å². The molecule has 0 bridgehead atoms. The van der Waals surface area contributed by atoms with E-state index >= 15 is 0 Å². The van der Waals surface area contributed by atoms with Crippen LogP contribution in [0.4, 0.5) is 0 Å². The van der Waals surface area contributed by atoms with Crippen LogP contribution in [0.5, 0.6) is 0 Å². The van der Waals surface area contributed by atoms with E-state index in [-0.39, 0.29) is 12.0 Å². The second kappa shape index (κ2) is 4.78. The molecule has 0 radical (unpaired) electrons. The first-order valence-electron chi connectivity index (χ1n) is 7.14. The van der Waals surface area contributed by atoms with Crippen LogP contribution in [-0.2, 0) is 4.74 Å². The van der Waals surface area contributed by atoms with Gasteiger partial charge in [-0.05, 0) is 19.2 Å². The quantitative estimate of drug-likeness (QED) is 0.732. The van der Waals surface area contributed by atoms with E-state index in [1.165, 1.54) is 4.63 Å². The molecule has 0 N–H and O–H groups in total. The Balaban J connectivity index is 1.61. The molecule has 0 aliphatic carbocycles. The molecule has 2 fully saturated rings. The zero-order valence-corrected chi connectivity index (χ0v) is 11.8. The number of likely N-dealkylation sites (tertiary alicyclic amines) is 1. The zero-order valence-electron chi connectivity index (χ0n) is 11.8. The highest BCUT2D eigenvalue weighted by Crippen LogP contribution is 2.24. The van der Waals surface area contributed by atoms with Gasteiger partial charge in [-0.1, -0.05) is 0 Å². The van der Waals surface area contributed by atoms with Gasteiger partial charge in [-0.2, -0.15) is 14.8 Å². The van der Waals surface area contributed by atoms with Gasteiger partial charge in [-0.15, -0.1) is 0 Å². The van der Waals surface area contributed by atoms with Crippen molar-refractivity contribution < 1.29 is 9.53 Å². The van der Waals surface area contributed by atoms with Crippen molar-refractivity contribution in [2.24, 2.45) is 0 Å². The average Bonchev–Trinajstić information content (AvgIpc) is 3.11. The second-order valence-electron chi connectivity index (χ2n) is 5.62. The Kier molecular flexibility index (Phi) is 2.90. The lowest BCUT2D eigenvalue weighted by atomic mass is 10.1. The summed E-state index contributed by atoms with van der Waals surface area (Å²) < 4.78 is 7.27. The van der Waals surface area contributed by atoms with Gasteiger partial charge in [0.05, 0.1) is 30.5 Å². The number of nitrogens with zero attached hydrogens (tertiary/aromatic N) is 5. The SMILES string of the molecule is CN1CCOC2CN(C(=O)c3cnn4ncccc34)CC21. The van der Waals surface area contributed by atoms with E-state index in [0.29, 0.717) is 24.7 Å². The first kappa shape index (κ1) is 12.7. The third-order valence-corrected chi connectivity index (χ3v) is 4.40. The molecule has 7 heteroatoms. The molecule has 2 aromatic heterocycles. The highest BCUT2D eigenvalue weighted by atomic mass is 16.5. The van der Waals surface area contributed by atoms with Gasteiger partial charge in [-0.25, -0.2) is 0 Å². The molecule has 2 aliphatic rings. The second-order valence-corrected chi connectivity index (χ2v) is 5.62. The Bertz CT molecular complexity index is 685. The molecule has 2 unspecified atom stereocenters. The van der Waals surface area contributed by atoms with Crippen LogP contribution in [0.1, 0.15) is 10.4 Å². The Morgan fingerprint density at radius 3 is 3.14 bits per heavy atom. The van der Waals surface area contributed by atoms with E-state index in [0.717, 1.165) is 18.7 Å². The normalized spacial score (nSPS) is 26.2. The number of ether oxygens (including phenoxy) is 1. The number of fused-ring (bicyclic) bond motifs is 2. The number of hydrogen-bond acceptors (Lipinski definition) is 5. The minimum atomic E-state index is 0.00407. The molecule has 0 spiro atoms. The van der Waals surface area contributed by atoms with Gasteiger partial charge in [-0.3, -0.25) is 9.69 Å². The van der Waals surface area contributed by atoms with Crippen LogP contribution in [0.25, 0.3) is 5.52 Å². The third kappa shape index (κ3) is 2.00. The smallest absolute Gasteiger partial charge is 0.257 e. The molecule has 0 saturated carbocycles. The minimum absolute atomic E-state index is 0.00407. The Labute approximate surface area is 122 Å². The Morgan fingerprint density at radius 1 is 1.38 bits per heavy atom. The number of rotatable bonds is 1. The monoisotopic (exact) mass is 287 g/mol. The summed E-state index contributed by atoms with van der Waals surface area (Å²) in [6.45, 7) is 3.01. The van der Waals surface area contributed by atoms with Crippen LogP contribution in [0, 0.1) is 0 Å². The fourth-order valence-electron chi connectivity index (χ4n) is 3.19. The molecule has 4 rings (SSSR count). The van der Waals surface area contributed by atoms with Crippen LogP contribution in [0.15, 0.2) is 24.5 Å². The number of amides is 1. The van der Waals surface area contributed by atoms with E-state index in [4.69, 9.17) is 4.74 Å². The number of carbonyl (C=O) groups excluding carboxylic acids is 1. The summed E-state index contributed by atoms with van der Waals surface area (Å²) in [5, 5.41) is 8.23. The Hall–Kier alpha value is -1.99. The molecule has 2 saturated heterocycles. The van der Waals surface area contributed by atoms with Gasteiger partial charge in [0.2, 0.25) is 0 Å². The Morgan fingerprint density at radius 2 is 2.29 bits per heavy atom. The van der Waals surface area contributed by atoms with Crippen LogP contribution in [-0.4, -0.2) is 76.0 Å². The summed E-state index contributed by atoms with van der Waals surface area (Å²) in [6.07, 6.45) is 3.37. The van der Waals surface area contributed by atoms with Crippen molar-refractivity contribution in [1.82, 2.24) is 24.6 Å². The van der Waals surface area contributed by atoms with E-state index in [2.05, 4.69) is 22.1 Å². The largest absolute Gasteiger partial charge is 0.373 e. The molecule has 1 amide bonds. The number of hydrogen-bond donors (Lipinski definition) is 0. The molecule has 0 aromatic carbocycles. The maximum Gasteiger partial charge on any atom is 0.257 e. The number of aromatic nitrogens is 3. The lowest BCUT2D eigenvalue weighted by Gasteiger charge is -2.33. The molecule has 110 valence electrons. The highest BCUT2D eigenvalue weighted by molar-refractivity contribution is 6.00. The minimum Gasteiger partial charge on any atom is -0.373 e. The van der Waals surface area contributed by atoms with Crippen molar-refractivity contribution in [2.45, 2.75) is 12.1 Å². The standard InChI is InChI=1S/C14H17N5O2/c1-17-5-6-21-13-9-18(8-12(13)17)14(20)10-7-16-19-11(10)3-2-4-15-19/h2-4,7,12-13H,5-6,8-9H2,1H3. The maximum absolute atomic E-state index is 12.7. The van der Waals surface area contributed by atoms with Gasteiger partial charge in [0, 0.05) is 25.8 Å². The molecule has 21 heavy (non-hydrogen) atoms. The molecule has 2 aliphatic heterocycles. The van der Waals surface area contributed by atoms with E-state index in [1.807, 2.05) is 17.0 Å². The van der Waals surface area contributed by atoms with Gasteiger partial charge >= 0.3 is 0 Å². The van der Waals surface area contributed by atoms with Gasteiger partial charge in [0.15, 0.2) is 0 Å². The fraction of sp³-hybridized carbons (Fsp3) is 0.500. The van der Waals surface area contributed by atoms with Crippen molar-refractivity contribution in [3.63, 3.8) is 0 Å². The van der Waals surface area contributed by atoms with Crippen LogP contribution >= 0.6 is 0 Å². The molecular weight excluding hydrogens is 270 g/mol. The summed E-state index contributed by atoms with van der Waals surface area (Å²) >= 11 is 0. The summed E-state index contributed by atoms with van der Waals surface area (Å²) in [5.41, 5.74) is 1.34. The van der Waals surface area contributed by atoms with Gasteiger partial charge < -0.3 is 9.64 Å². The molecular formula is C14H17N5O2. The predicted octanol–water partition coefficient (Wildman–Crippen LogP) is -0.116. The topological polar surface area (TPSA) is 63.0 Å². The average molecular weight is 287 g/mol. The van der Waals surface area contributed by atoms with Gasteiger partial charge in [0.25, 0.3) is 5.91 Å². The van der Waals surface area contributed by atoms with Crippen LogP contribution in [0.3, 0.4) is 0 Å². The van der Waals surface area contributed by atoms with Crippen molar-refractivity contribution >= 4 is 11.4 Å². The predicted molar refractivity (Wildman–Crippen MR) is 75.0 cm³/mol. The lowest BCUT2D eigenvalue weighted by molar-refractivity contribution is -0.0368. The number of likely N-dealkylation sites (N-methyl/N-ethyl adjacent to an activating group) is 1. The van der Waals surface area contributed by atoms with E-state index in [9.17, 15) is 4.79 Å². The van der Waals surface area contributed by atoms with Gasteiger partial charge in [0.1, 0.15) is 5.52 Å². The summed E-state index contributed by atoms with van der Waals surface area (Å²) in [7, 11) is 2.09. The summed E-state index contributed by atoms with van der Waals surface area (Å²) in [4.78, 5) is 16.9. The van der Waals surface area contributed by atoms with E-state index < -0.39 is 0 Å². The number of morpholine rings is 1. The van der Waals surface area contributed by atoms with Crippen molar-refractivity contribution in [2.75, 3.05) is 33.3 Å². The third-order valence-electron chi connectivity index (χ3n) is 4.40. The maximum atomic E-state index is 12.7. The van der Waals surface area contributed by atoms with Crippen molar-refractivity contribution in [1.29, 1.82) is 0 Å². The van der Waals surface area contributed by atoms with Crippen molar-refractivity contribution in [3.05, 3.63) is 30.1 Å². The summed E-state index contributed by atoms with van der Waals surface area (Å²) in [6, 6.07) is 3.97. The van der Waals surface area contributed by atoms with Crippen molar-refractivity contribution in [3.8, 4) is 0 Å². The molecule has 7 nitrogen and oxygen atoms in total. The number of carbonyl (C=O) groups is 1. The zero-order chi connectivity index (χ0) is 14.4. The molecule has 2 atom stereocenters. The fourth-order valence-corrected chi connectivity index (χ4v) is 3.19. The summed E-state index contributed by atoms with van der Waals surface area (Å²) in [5.74, 6) is 0.00407. The first-order chi connectivity index (χ1) is 10.2. The van der Waals surface area contributed by atoms with Crippen LogP contribution in [0.2, 0.25) is 0 Å². The van der Waals surface area contributed by atoms with Crippen LogP contribution < -0.4 is 0 Å². The first-order valence-corrected chi connectivity index (χ1v) is 7.14. The lowest BCUT2D eigenvalue weighted by Crippen LogP contribution is -2.48. The highest BCUT2D eigenvalue weighted by Gasteiger charge is 2.41. The molecule has 4 heterocycles.